The van der Waals surface area contributed by atoms with Crippen LogP contribution in [0.15, 0.2) is 12.1 Å². The third-order valence-electron chi connectivity index (χ3n) is 3.78. The standard InChI is InChI=1S/C13H17F2NO/c1-8-4-10(11(17-3)5-9(8)2)12(7-16)6-13(12,14)15/h4-5H,6-7,16H2,1-3H3. The van der Waals surface area contributed by atoms with Gasteiger partial charge in [-0.3, -0.25) is 0 Å². The Morgan fingerprint density at radius 2 is 1.82 bits per heavy atom. The summed E-state index contributed by atoms with van der Waals surface area (Å²) in [7, 11) is 1.50. The van der Waals surface area contributed by atoms with Gasteiger partial charge in [-0.15, -0.1) is 0 Å². The average molecular weight is 241 g/mol. The number of ether oxygens (including phenoxy) is 1. The molecule has 1 fully saturated rings. The van der Waals surface area contributed by atoms with E-state index in [1.165, 1.54) is 7.11 Å². The zero-order chi connectivity index (χ0) is 12.8. The Morgan fingerprint density at radius 1 is 1.29 bits per heavy atom. The van der Waals surface area contributed by atoms with E-state index in [0.717, 1.165) is 11.1 Å². The van der Waals surface area contributed by atoms with E-state index in [1.54, 1.807) is 12.1 Å². The van der Waals surface area contributed by atoms with E-state index in [2.05, 4.69) is 0 Å². The molecule has 1 atom stereocenters. The first kappa shape index (κ1) is 12.3. The molecule has 2 nitrogen and oxygen atoms in total. The molecule has 1 aliphatic carbocycles. The Hall–Kier alpha value is -1.16. The van der Waals surface area contributed by atoms with Crippen molar-refractivity contribution in [1.82, 2.24) is 0 Å². The number of aryl methyl sites for hydroxylation is 2. The van der Waals surface area contributed by atoms with Crippen LogP contribution in [0.2, 0.25) is 0 Å². The molecule has 1 aliphatic rings. The van der Waals surface area contributed by atoms with Crippen LogP contribution in [0.25, 0.3) is 0 Å². The largest absolute Gasteiger partial charge is 0.496 e. The molecule has 0 radical (unpaired) electrons. The molecule has 17 heavy (non-hydrogen) atoms. The predicted molar refractivity (Wildman–Crippen MR) is 62.8 cm³/mol. The van der Waals surface area contributed by atoms with Crippen molar-refractivity contribution in [3.63, 3.8) is 0 Å². The Kier molecular flexibility index (Phi) is 2.65. The highest BCUT2D eigenvalue weighted by atomic mass is 19.3. The molecular weight excluding hydrogens is 224 g/mol. The number of hydrogen-bond acceptors (Lipinski definition) is 2. The van der Waals surface area contributed by atoms with E-state index in [9.17, 15) is 8.78 Å². The van der Waals surface area contributed by atoms with Crippen molar-refractivity contribution in [2.75, 3.05) is 13.7 Å². The van der Waals surface area contributed by atoms with Gasteiger partial charge in [0, 0.05) is 18.5 Å². The van der Waals surface area contributed by atoms with Gasteiger partial charge >= 0.3 is 0 Å². The van der Waals surface area contributed by atoms with E-state index in [-0.39, 0.29) is 13.0 Å². The third-order valence-corrected chi connectivity index (χ3v) is 3.78. The van der Waals surface area contributed by atoms with Crippen LogP contribution >= 0.6 is 0 Å². The summed E-state index contributed by atoms with van der Waals surface area (Å²) in [5.41, 5.74) is 6.88. The molecule has 1 saturated carbocycles. The minimum atomic E-state index is -2.71. The Balaban J connectivity index is 2.56. The van der Waals surface area contributed by atoms with Crippen molar-refractivity contribution in [2.24, 2.45) is 5.73 Å². The van der Waals surface area contributed by atoms with Gasteiger partial charge in [-0.1, -0.05) is 6.07 Å². The van der Waals surface area contributed by atoms with Gasteiger partial charge in [0.25, 0.3) is 5.92 Å². The zero-order valence-corrected chi connectivity index (χ0v) is 10.3. The number of benzene rings is 1. The summed E-state index contributed by atoms with van der Waals surface area (Å²) < 4.78 is 32.3. The van der Waals surface area contributed by atoms with Crippen LogP contribution < -0.4 is 10.5 Å². The zero-order valence-electron chi connectivity index (χ0n) is 10.3. The first-order valence-electron chi connectivity index (χ1n) is 5.61. The number of rotatable bonds is 3. The molecule has 2 N–H and O–H groups in total. The number of nitrogens with two attached hydrogens (primary N) is 1. The van der Waals surface area contributed by atoms with Crippen molar-refractivity contribution in [2.45, 2.75) is 31.6 Å². The average Bonchev–Trinajstić information content (AvgIpc) is 2.85. The fraction of sp³-hybridized carbons (Fsp3) is 0.538. The lowest BCUT2D eigenvalue weighted by Crippen LogP contribution is -2.27. The second-order valence-corrected chi connectivity index (χ2v) is 4.80. The van der Waals surface area contributed by atoms with Gasteiger partial charge in [-0.2, -0.15) is 0 Å². The highest BCUT2D eigenvalue weighted by Gasteiger charge is 2.71. The number of methoxy groups -OCH3 is 1. The van der Waals surface area contributed by atoms with Crippen molar-refractivity contribution in [3.8, 4) is 5.75 Å². The molecule has 1 aromatic carbocycles. The lowest BCUT2D eigenvalue weighted by atomic mass is 9.91. The number of hydrogen-bond donors (Lipinski definition) is 1. The molecule has 0 saturated heterocycles. The van der Waals surface area contributed by atoms with Crippen molar-refractivity contribution in [3.05, 3.63) is 28.8 Å². The van der Waals surface area contributed by atoms with E-state index in [1.807, 2.05) is 13.8 Å². The lowest BCUT2D eigenvalue weighted by molar-refractivity contribution is 0.0889. The summed E-state index contributed by atoms with van der Waals surface area (Å²) in [6, 6.07) is 3.58. The molecule has 1 unspecified atom stereocenters. The van der Waals surface area contributed by atoms with Gasteiger partial charge in [0.2, 0.25) is 0 Å². The van der Waals surface area contributed by atoms with E-state index >= 15 is 0 Å². The molecule has 0 bridgehead atoms. The number of alkyl halides is 2. The normalized spacial score (nSPS) is 25.8. The first-order chi connectivity index (χ1) is 7.88. The molecular formula is C13H17F2NO. The van der Waals surface area contributed by atoms with Crippen molar-refractivity contribution >= 4 is 0 Å². The van der Waals surface area contributed by atoms with Crippen LogP contribution in [-0.4, -0.2) is 19.6 Å². The summed E-state index contributed by atoms with van der Waals surface area (Å²) >= 11 is 0. The smallest absolute Gasteiger partial charge is 0.260 e. The van der Waals surface area contributed by atoms with Gasteiger partial charge in [0.1, 0.15) is 5.75 Å². The van der Waals surface area contributed by atoms with Crippen LogP contribution in [0.1, 0.15) is 23.1 Å². The van der Waals surface area contributed by atoms with Crippen molar-refractivity contribution < 1.29 is 13.5 Å². The van der Waals surface area contributed by atoms with E-state index in [0.29, 0.717) is 11.3 Å². The number of halogens is 2. The van der Waals surface area contributed by atoms with Crippen LogP contribution in [0.5, 0.6) is 5.75 Å². The van der Waals surface area contributed by atoms with Crippen molar-refractivity contribution in [1.29, 1.82) is 0 Å². The van der Waals surface area contributed by atoms with E-state index < -0.39 is 11.3 Å². The summed E-state index contributed by atoms with van der Waals surface area (Å²) in [4.78, 5) is 0. The highest BCUT2D eigenvalue weighted by molar-refractivity contribution is 5.51. The lowest BCUT2D eigenvalue weighted by Gasteiger charge is -2.19. The third kappa shape index (κ3) is 1.62. The molecule has 4 heteroatoms. The monoisotopic (exact) mass is 241 g/mol. The molecule has 0 spiro atoms. The topological polar surface area (TPSA) is 35.2 Å². The molecule has 94 valence electrons. The van der Waals surface area contributed by atoms with Gasteiger partial charge in [0.15, 0.2) is 0 Å². The Bertz CT molecular complexity index is 459. The molecule has 1 aromatic rings. The molecule has 2 rings (SSSR count). The van der Waals surface area contributed by atoms with Gasteiger partial charge in [-0.05, 0) is 31.0 Å². The SMILES string of the molecule is COc1cc(C)c(C)cc1C1(CN)CC1(F)F. The van der Waals surface area contributed by atoms with Crippen LogP contribution in [-0.2, 0) is 5.41 Å². The second kappa shape index (κ2) is 3.67. The first-order valence-corrected chi connectivity index (χ1v) is 5.61. The molecule has 0 aromatic heterocycles. The Labute approximate surface area is 99.8 Å². The molecule has 0 aliphatic heterocycles. The van der Waals surface area contributed by atoms with Gasteiger partial charge in [0.05, 0.1) is 12.5 Å². The molecule has 0 amide bonds. The van der Waals surface area contributed by atoms with Gasteiger partial charge in [-0.25, -0.2) is 8.78 Å². The maximum Gasteiger partial charge on any atom is 0.260 e. The fourth-order valence-electron chi connectivity index (χ4n) is 2.29. The quantitative estimate of drug-likeness (QED) is 0.882. The van der Waals surface area contributed by atoms with Crippen LogP contribution in [0.3, 0.4) is 0 Å². The summed E-state index contributed by atoms with van der Waals surface area (Å²) in [6.07, 6.45) is -0.185. The fourth-order valence-corrected chi connectivity index (χ4v) is 2.29. The minimum Gasteiger partial charge on any atom is -0.496 e. The van der Waals surface area contributed by atoms with Crippen LogP contribution in [0, 0.1) is 13.8 Å². The summed E-state index contributed by atoms with van der Waals surface area (Å²) in [5.74, 6) is -2.20. The summed E-state index contributed by atoms with van der Waals surface area (Å²) in [5, 5.41) is 0. The van der Waals surface area contributed by atoms with E-state index in [4.69, 9.17) is 10.5 Å². The highest BCUT2D eigenvalue weighted by Crippen LogP contribution is 2.62. The summed E-state index contributed by atoms with van der Waals surface area (Å²) in [6.45, 7) is 3.78. The predicted octanol–water partition coefficient (Wildman–Crippen LogP) is 2.55. The molecule has 0 heterocycles. The maximum absolute atomic E-state index is 13.6. The Morgan fingerprint density at radius 3 is 2.24 bits per heavy atom. The van der Waals surface area contributed by atoms with Gasteiger partial charge < -0.3 is 10.5 Å². The van der Waals surface area contributed by atoms with Crippen LogP contribution in [0.4, 0.5) is 8.78 Å². The maximum atomic E-state index is 13.6. The second-order valence-electron chi connectivity index (χ2n) is 4.80. The minimum absolute atomic E-state index is 0.0567.